The van der Waals surface area contributed by atoms with E-state index in [9.17, 15) is 9.59 Å². The third-order valence-electron chi connectivity index (χ3n) is 4.88. The Labute approximate surface area is 158 Å². The molecule has 0 saturated heterocycles. The summed E-state index contributed by atoms with van der Waals surface area (Å²) in [5.74, 6) is 1.77. The lowest BCUT2D eigenvalue weighted by Crippen LogP contribution is -2.26. The molecule has 0 radical (unpaired) electrons. The van der Waals surface area contributed by atoms with Gasteiger partial charge >= 0.3 is 0 Å². The molecule has 0 saturated carbocycles. The van der Waals surface area contributed by atoms with Gasteiger partial charge in [0.25, 0.3) is 5.91 Å². The van der Waals surface area contributed by atoms with E-state index < -0.39 is 0 Å². The van der Waals surface area contributed by atoms with Crippen LogP contribution >= 0.6 is 0 Å². The number of hydrogen-bond donors (Lipinski definition) is 1. The lowest BCUT2D eigenvalue weighted by molar-refractivity contribution is 0.0888. The Kier molecular flexibility index (Phi) is 5.00. The van der Waals surface area contributed by atoms with E-state index in [2.05, 4.69) is 5.32 Å². The molecule has 2 aromatic rings. The van der Waals surface area contributed by atoms with E-state index in [1.165, 1.54) is 0 Å². The summed E-state index contributed by atoms with van der Waals surface area (Å²) in [6.45, 7) is 6.14. The van der Waals surface area contributed by atoms with E-state index >= 15 is 0 Å². The average Bonchev–Trinajstić information content (AvgIpc) is 2.94. The maximum Gasteiger partial charge on any atom is 0.287 e. The van der Waals surface area contributed by atoms with E-state index in [4.69, 9.17) is 13.9 Å². The highest BCUT2D eigenvalue weighted by atomic mass is 16.5. The van der Waals surface area contributed by atoms with Gasteiger partial charge in [-0.25, -0.2) is 0 Å². The number of nitrogens with one attached hydrogen (secondary N) is 1. The summed E-state index contributed by atoms with van der Waals surface area (Å²) < 4.78 is 16.3. The minimum atomic E-state index is -0.331. The van der Waals surface area contributed by atoms with Gasteiger partial charge < -0.3 is 19.2 Å². The molecule has 1 aromatic heterocycles. The Morgan fingerprint density at radius 3 is 2.56 bits per heavy atom. The molecule has 1 N–H and O–H groups in total. The van der Waals surface area contributed by atoms with Crippen LogP contribution in [0.15, 0.2) is 22.6 Å². The third kappa shape index (κ3) is 3.70. The molecule has 0 unspecified atom stereocenters. The second-order valence-corrected chi connectivity index (χ2v) is 7.67. The highest BCUT2D eigenvalue weighted by Crippen LogP contribution is 2.38. The highest BCUT2D eigenvalue weighted by molar-refractivity contribution is 6.03. The van der Waals surface area contributed by atoms with Crippen LogP contribution in [-0.4, -0.2) is 25.9 Å². The maximum absolute atomic E-state index is 12.6. The van der Waals surface area contributed by atoms with Crippen LogP contribution in [0.2, 0.25) is 0 Å². The Bertz CT molecular complexity index is 894. The van der Waals surface area contributed by atoms with E-state index in [-0.39, 0.29) is 22.9 Å². The fourth-order valence-electron chi connectivity index (χ4n) is 3.55. The number of ether oxygens (including phenoxy) is 2. The molecule has 0 atom stereocenters. The van der Waals surface area contributed by atoms with Gasteiger partial charge in [-0.05, 0) is 30.0 Å². The zero-order valence-electron chi connectivity index (χ0n) is 16.4. The highest BCUT2D eigenvalue weighted by Gasteiger charge is 2.37. The number of benzene rings is 1. The molecule has 1 amide bonds. The predicted molar refractivity (Wildman–Crippen MR) is 101 cm³/mol. The summed E-state index contributed by atoms with van der Waals surface area (Å²) in [6, 6.07) is 5.46. The smallest absolute Gasteiger partial charge is 0.287 e. The van der Waals surface area contributed by atoms with Crippen molar-refractivity contribution < 1.29 is 23.5 Å². The number of amides is 1. The second-order valence-electron chi connectivity index (χ2n) is 7.67. The SMILES string of the molecule is COc1ccc(CNC(=O)c2oc3c(c2C)C(=O)CC(C)(C)C3)cc1OC. The molecule has 1 aromatic carbocycles. The second kappa shape index (κ2) is 7.10. The Morgan fingerprint density at radius 1 is 1.19 bits per heavy atom. The van der Waals surface area contributed by atoms with Crippen molar-refractivity contribution in [3.63, 3.8) is 0 Å². The summed E-state index contributed by atoms with van der Waals surface area (Å²) in [5.41, 5.74) is 1.91. The zero-order valence-corrected chi connectivity index (χ0v) is 16.4. The normalized spacial score (nSPS) is 15.2. The molecule has 1 aliphatic carbocycles. The molecule has 3 rings (SSSR count). The largest absolute Gasteiger partial charge is 0.493 e. The van der Waals surface area contributed by atoms with Crippen LogP contribution in [0.5, 0.6) is 11.5 Å². The van der Waals surface area contributed by atoms with E-state index in [0.717, 1.165) is 5.56 Å². The minimum Gasteiger partial charge on any atom is -0.493 e. The van der Waals surface area contributed by atoms with E-state index in [1.54, 1.807) is 27.2 Å². The van der Waals surface area contributed by atoms with Crippen molar-refractivity contribution in [2.75, 3.05) is 14.2 Å². The third-order valence-corrected chi connectivity index (χ3v) is 4.88. The first-order valence-electron chi connectivity index (χ1n) is 8.90. The molecule has 0 aliphatic heterocycles. The van der Waals surface area contributed by atoms with Gasteiger partial charge in [0.1, 0.15) is 5.76 Å². The maximum atomic E-state index is 12.6. The molecular formula is C21H25NO5. The lowest BCUT2D eigenvalue weighted by Gasteiger charge is -2.27. The van der Waals surface area contributed by atoms with Crippen LogP contribution in [0.1, 0.15) is 58.1 Å². The summed E-state index contributed by atoms with van der Waals surface area (Å²) in [6.07, 6.45) is 1.12. The van der Waals surface area contributed by atoms with Crippen LogP contribution in [-0.2, 0) is 13.0 Å². The van der Waals surface area contributed by atoms with Crippen molar-refractivity contribution in [3.05, 3.63) is 46.4 Å². The fourth-order valence-corrected chi connectivity index (χ4v) is 3.55. The van der Waals surface area contributed by atoms with Gasteiger partial charge in [0.2, 0.25) is 0 Å². The van der Waals surface area contributed by atoms with Gasteiger partial charge in [0, 0.05) is 24.9 Å². The average molecular weight is 371 g/mol. The molecule has 1 aliphatic rings. The summed E-state index contributed by atoms with van der Waals surface area (Å²) in [4.78, 5) is 25.1. The summed E-state index contributed by atoms with van der Waals surface area (Å²) in [5, 5.41) is 2.85. The number of ketones is 1. The zero-order chi connectivity index (χ0) is 19.8. The molecule has 144 valence electrons. The van der Waals surface area contributed by atoms with Crippen LogP contribution in [0.4, 0.5) is 0 Å². The molecule has 6 heteroatoms. The molecule has 27 heavy (non-hydrogen) atoms. The summed E-state index contributed by atoms with van der Waals surface area (Å²) in [7, 11) is 3.14. The van der Waals surface area contributed by atoms with Crippen LogP contribution in [0.3, 0.4) is 0 Å². The van der Waals surface area contributed by atoms with E-state index in [0.29, 0.717) is 47.8 Å². The van der Waals surface area contributed by atoms with Gasteiger partial charge in [0.15, 0.2) is 23.0 Å². The van der Waals surface area contributed by atoms with Crippen molar-refractivity contribution >= 4 is 11.7 Å². The number of methoxy groups -OCH3 is 2. The number of hydrogen-bond acceptors (Lipinski definition) is 5. The first-order valence-corrected chi connectivity index (χ1v) is 8.90. The Morgan fingerprint density at radius 2 is 1.89 bits per heavy atom. The van der Waals surface area contributed by atoms with Gasteiger partial charge in [-0.3, -0.25) is 9.59 Å². The Hall–Kier alpha value is -2.76. The number of fused-ring (bicyclic) bond motifs is 1. The molecular weight excluding hydrogens is 346 g/mol. The topological polar surface area (TPSA) is 77.8 Å². The first-order chi connectivity index (χ1) is 12.8. The monoisotopic (exact) mass is 371 g/mol. The van der Waals surface area contributed by atoms with Crippen molar-refractivity contribution in [2.24, 2.45) is 5.41 Å². The first kappa shape index (κ1) is 19.0. The quantitative estimate of drug-likeness (QED) is 0.867. The molecule has 0 fully saturated rings. The molecule has 1 heterocycles. The lowest BCUT2D eigenvalue weighted by atomic mass is 9.76. The summed E-state index contributed by atoms with van der Waals surface area (Å²) >= 11 is 0. The van der Waals surface area contributed by atoms with Crippen LogP contribution < -0.4 is 14.8 Å². The molecule has 6 nitrogen and oxygen atoms in total. The van der Waals surface area contributed by atoms with Crippen molar-refractivity contribution in [2.45, 2.75) is 40.2 Å². The fraction of sp³-hybridized carbons (Fsp3) is 0.429. The molecule has 0 bridgehead atoms. The van der Waals surface area contributed by atoms with Gasteiger partial charge in [-0.2, -0.15) is 0 Å². The van der Waals surface area contributed by atoms with Crippen LogP contribution in [0, 0.1) is 12.3 Å². The van der Waals surface area contributed by atoms with Gasteiger partial charge in [-0.15, -0.1) is 0 Å². The van der Waals surface area contributed by atoms with Gasteiger partial charge in [-0.1, -0.05) is 19.9 Å². The van der Waals surface area contributed by atoms with Crippen LogP contribution in [0.25, 0.3) is 0 Å². The predicted octanol–water partition coefficient (Wildman–Crippen LogP) is 3.69. The number of furan rings is 1. The number of carbonyl (C=O) groups excluding carboxylic acids is 2. The van der Waals surface area contributed by atoms with Crippen molar-refractivity contribution in [1.29, 1.82) is 0 Å². The number of rotatable bonds is 5. The standard InChI is InChI=1S/C21H25NO5/c1-12-18-14(23)9-21(2,3)10-17(18)27-19(12)20(24)22-11-13-6-7-15(25-4)16(8-13)26-5/h6-8H,9-11H2,1-5H3,(H,22,24). The van der Waals surface area contributed by atoms with Gasteiger partial charge in [0.05, 0.1) is 19.8 Å². The van der Waals surface area contributed by atoms with Crippen molar-refractivity contribution in [3.8, 4) is 11.5 Å². The number of carbonyl (C=O) groups is 2. The Balaban J connectivity index is 1.77. The minimum absolute atomic E-state index is 0.0430. The van der Waals surface area contributed by atoms with E-state index in [1.807, 2.05) is 26.0 Å². The number of Topliss-reactive ketones (excluding diaryl/α,β-unsaturated/α-hetero) is 1. The molecule has 0 spiro atoms. The van der Waals surface area contributed by atoms with Crippen molar-refractivity contribution in [1.82, 2.24) is 5.32 Å².